The van der Waals surface area contributed by atoms with Crippen LogP contribution in [0.25, 0.3) is 0 Å². The van der Waals surface area contributed by atoms with Gasteiger partial charge in [-0.1, -0.05) is 6.92 Å². The van der Waals surface area contributed by atoms with Crippen LogP contribution in [-0.2, 0) is 9.53 Å². The van der Waals surface area contributed by atoms with Gasteiger partial charge in [0.05, 0.1) is 11.1 Å². The summed E-state index contributed by atoms with van der Waals surface area (Å²) in [6.07, 6.45) is 1.51. The van der Waals surface area contributed by atoms with E-state index in [1.54, 1.807) is 7.11 Å². The number of nitrogens with one attached hydrogen (secondary N) is 1. The Labute approximate surface area is 98.9 Å². The number of hydrogen-bond acceptors (Lipinski definition) is 3. The lowest BCUT2D eigenvalue weighted by Gasteiger charge is -2.37. The maximum atomic E-state index is 11.6. The third kappa shape index (κ3) is 4.49. The van der Waals surface area contributed by atoms with Crippen molar-refractivity contribution < 1.29 is 9.53 Å². The highest BCUT2D eigenvalue weighted by Crippen LogP contribution is 2.23. The first-order valence-electron chi connectivity index (χ1n) is 5.79. The molecule has 4 nitrogen and oxygen atoms in total. The summed E-state index contributed by atoms with van der Waals surface area (Å²) in [4.78, 5) is 11.6. The van der Waals surface area contributed by atoms with Crippen molar-refractivity contribution in [2.45, 2.75) is 64.6 Å². The Balaban J connectivity index is 4.77. The molecule has 1 amide bonds. The minimum Gasteiger partial charge on any atom is -0.379 e. The van der Waals surface area contributed by atoms with Crippen LogP contribution < -0.4 is 11.1 Å². The highest BCUT2D eigenvalue weighted by molar-refractivity contribution is 5.84. The normalized spacial score (nSPS) is 17.9. The summed E-state index contributed by atoms with van der Waals surface area (Å²) in [7, 11) is 1.64. The summed E-state index contributed by atoms with van der Waals surface area (Å²) in [5.74, 6) is -0.335. The summed E-state index contributed by atoms with van der Waals surface area (Å²) >= 11 is 0. The van der Waals surface area contributed by atoms with E-state index in [4.69, 9.17) is 10.5 Å². The summed E-state index contributed by atoms with van der Waals surface area (Å²) in [6, 6.07) is 0.255. The summed E-state index contributed by atoms with van der Waals surface area (Å²) in [5, 5.41) is 3.28. The van der Waals surface area contributed by atoms with Gasteiger partial charge < -0.3 is 15.8 Å². The van der Waals surface area contributed by atoms with E-state index in [1.165, 1.54) is 0 Å². The van der Waals surface area contributed by atoms with Crippen LogP contribution in [0.4, 0.5) is 0 Å². The van der Waals surface area contributed by atoms with Crippen LogP contribution in [0.1, 0.15) is 47.5 Å². The Morgan fingerprint density at radius 1 is 1.44 bits per heavy atom. The number of carbonyl (C=O) groups excluding carboxylic acids is 1. The van der Waals surface area contributed by atoms with Crippen molar-refractivity contribution in [2.24, 2.45) is 5.73 Å². The van der Waals surface area contributed by atoms with Gasteiger partial charge in [-0.25, -0.2) is 0 Å². The highest BCUT2D eigenvalue weighted by atomic mass is 16.5. The lowest BCUT2D eigenvalue weighted by molar-refractivity contribution is -0.127. The van der Waals surface area contributed by atoms with E-state index in [0.29, 0.717) is 6.42 Å². The molecule has 4 heteroatoms. The fraction of sp³-hybridized carbons (Fsp3) is 0.917. The van der Waals surface area contributed by atoms with Gasteiger partial charge in [-0.05, 0) is 34.1 Å². The molecule has 0 aliphatic heterocycles. The van der Waals surface area contributed by atoms with E-state index < -0.39 is 5.54 Å². The van der Waals surface area contributed by atoms with Crippen molar-refractivity contribution in [3.8, 4) is 0 Å². The molecule has 0 aliphatic rings. The second-order valence-corrected chi connectivity index (χ2v) is 5.29. The fourth-order valence-corrected chi connectivity index (χ4v) is 1.78. The lowest BCUT2D eigenvalue weighted by atomic mass is 9.86. The fourth-order valence-electron chi connectivity index (χ4n) is 1.78. The van der Waals surface area contributed by atoms with Crippen LogP contribution in [0.15, 0.2) is 0 Å². The van der Waals surface area contributed by atoms with E-state index in [9.17, 15) is 4.79 Å². The van der Waals surface area contributed by atoms with Crippen molar-refractivity contribution in [1.82, 2.24) is 5.32 Å². The van der Waals surface area contributed by atoms with E-state index in [2.05, 4.69) is 12.2 Å². The maximum absolute atomic E-state index is 11.6. The zero-order chi connectivity index (χ0) is 13.0. The zero-order valence-electron chi connectivity index (χ0n) is 11.4. The smallest absolute Gasteiger partial charge is 0.237 e. The van der Waals surface area contributed by atoms with Gasteiger partial charge in [0.1, 0.15) is 0 Å². The van der Waals surface area contributed by atoms with Crippen LogP contribution in [0.3, 0.4) is 0 Å². The minimum absolute atomic E-state index is 0.255. The van der Waals surface area contributed by atoms with Crippen molar-refractivity contribution in [2.75, 3.05) is 7.11 Å². The average Bonchev–Trinajstić information content (AvgIpc) is 2.16. The van der Waals surface area contributed by atoms with Crippen LogP contribution in [-0.4, -0.2) is 30.2 Å². The van der Waals surface area contributed by atoms with Crippen molar-refractivity contribution in [1.29, 1.82) is 0 Å². The lowest BCUT2D eigenvalue weighted by Crippen LogP contribution is -2.59. The molecule has 0 saturated heterocycles. The highest BCUT2D eigenvalue weighted by Gasteiger charge is 2.38. The van der Waals surface area contributed by atoms with E-state index in [1.807, 2.05) is 27.7 Å². The van der Waals surface area contributed by atoms with Crippen molar-refractivity contribution >= 4 is 5.91 Å². The molecule has 0 rings (SSSR count). The Bertz CT molecular complexity index is 241. The van der Waals surface area contributed by atoms with E-state index >= 15 is 0 Å². The second-order valence-electron chi connectivity index (χ2n) is 5.29. The molecule has 2 atom stereocenters. The van der Waals surface area contributed by atoms with Crippen LogP contribution in [0, 0.1) is 0 Å². The summed E-state index contributed by atoms with van der Waals surface area (Å²) in [5.41, 5.74) is 4.38. The third-order valence-electron chi connectivity index (χ3n) is 3.05. The molecule has 0 aromatic heterocycles. The molecule has 0 aliphatic carbocycles. The van der Waals surface area contributed by atoms with Gasteiger partial charge in [0.2, 0.25) is 5.91 Å². The number of hydrogen-bond donors (Lipinski definition) is 2. The molecule has 0 saturated carbocycles. The second kappa shape index (κ2) is 5.64. The molecule has 0 heterocycles. The molecule has 96 valence electrons. The van der Waals surface area contributed by atoms with Gasteiger partial charge in [-0.15, -0.1) is 0 Å². The Morgan fingerprint density at radius 2 is 1.94 bits per heavy atom. The van der Waals surface area contributed by atoms with Crippen LogP contribution in [0.5, 0.6) is 0 Å². The first-order valence-corrected chi connectivity index (χ1v) is 5.79. The average molecular weight is 230 g/mol. The molecule has 0 radical (unpaired) electrons. The summed E-state index contributed by atoms with van der Waals surface area (Å²) in [6.45, 7) is 9.85. The SMILES string of the molecule is CCC(C)NC(C)(CC(C)(C)OC)C(N)=O. The molecule has 0 aromatic carbocycles. The van der Waals surface area contributed by atoms with E-state index in [-0.39, 0.29) is 17.6 Å². The predicted molar refractivity (Wildman–Crippen MR) is 66.2 cm³/mol. The quantitative estimate of drug-likeness (QED) is 0.695. The van der Waals surface area contributed by atoms with Crippen molar-refractivity contribution in [3.63, 3.8) is 0 Å². The Kier molecular flexibility index (Phi) is 5.42. The maximum Gasteiger partial charge on any atom is 0.237 e. The molecule has 3 N–H and O–H groups in total. The number of methoxy groups -OCH3 is 1. The number of ether oxygens (including phenoxy) is 1. The van der Waals surface area contributed by atoms with Crippen molar-refractivity contribution in [3.05, 3.63) is 0 Å². The molecule has 0 spiro atoms. The van der Waals surface area contributed by atoms with Gasteiger partial charge in [-0.2, -0.15) is 0 Å². The zero-order valence-corrected chi connectivity index (χ0v) is 11.4. The third-order valence-corrected chi connectivity index (χ3v) is 3.05. The van der Waals surface area contributed by atoms with Gasteiger partial charge >= 0.3 is 0 Å². The van der Waals surface area contributed by atoms with Gasteiger partial charge in [0.15, 0.2) is 0 Å². The minimum atomic E-state index is -0.727. The largest absolute Gasteiger partial charge is 0.379 e. The number of nitrogens with two attached hydrogens (primary N) is 1. The molecule has 0 aromatic rings. The van der Waals surface area contributed by atoms with Gasteiger partial charge in [0.25, 0.3) is 0 Å². The summed E-state index contributed by atoms with van der Waals surface area (Å²) < 4.78 is 5.35. The number of rotatable bonds is 7. The predicted octanol–water partition coefficient (Wildman–Crippen LogP) is 1.43. The van der Waals surface area contributed by atoms with Crippen LogP contribution in [0.2, 0.25) is 0 Å². The molecule has 0 bridgehead atoms. The molecular weight excluding hydrogens is 204 g/mol. The number of primary amides is 1. The first kappa shape index (κ1) is 15.4. The number of carbonyl (C=O) groups is 1. The molecule has 2 unspecified atom stereocenters. The molecule has 16 heavy (non-hydrogen) atoms. The van der Waals surface area contributed by atoms with Crippen LogP contribution >= 0.6 is 0 Å². The van der Waals surface area contributed by atoms with E-state index in [0.717, 1.165) is 6.42 Å². The monoisotopic (exact) mass is 230 g/mol. The van der Waals surface area contributed by atoms with Gasteiger partial charge in [0, 0.05) is 19.6 Å². The molecular formula is C12H26N2O2. The Morgan fingerprint density at radius 3 is 2.25 bits per heavy atom. The molecule has 0 fully saturated rings. The standard InChI is InChI=1S/C12H26N2O2/c1-7-9(2)14-12(5,10(13)15)8-11(3,4)16-6/h9,14H,7-8H2,1-6H3,(H2,13,15). The number of amides is 1. The first-order chi connectivity index (χ1) is 7.17. The Hall–Kier alpha value is -0.610. The topological polar surface area (TPSA) is 64.3 Å². The van der Waals surface area contributed by atoms with Gasteiger partial charge in [-0.3, -0.25) is 4.79 Å².